The molecule has 1 aromatic rings. The van der Waals surface area contributed by atoms with Crippen molar-refractivity contribution in [2.45, 2.75) is 18.8 Å². The van der Waals surface area contributed by atoms with E-state index in [0.717, 1.165) is 5.56 Å². The zero-order valence-corrected chi connectivity index (χ0v) is 8.74. The molecule has 0 heterocycles. The minimum Gasteiger partial charge on any atom is -0.481 e. The molecule has 4 heteroatoms. The molecule has 0 fully saturated rings. The zero-order chi connectivity index (χ0) is 11.3. The monoisotopic (exact) mass is 223 g/mol. The van der Waals surface area contributed by atoms with E-state index in [9.17, 15) is 4.79 Å². The van der Waals surface area contributed by atoms with Crippen LogP contribution in [-0.4, -0.2) is 11.1 Å². The van der Waals surface area contributed by atoms with E-state index < -0.39 is 5.97 Å². The molecule has 1 unspecified atom stereocenters. The lowest BCUT2D eigenvalue weighted by molar-refractivity contribution is -0.137. The van der Waals surface area contributed by atoms with Crippen LogP contribution in [0.3, 0.4) is 0 Å². The summed E-state index contributed by atoms with van der Waals surface area (Å²) < 4.78 is 0. The first-order chi connectivity index (χ1) is 7.13. The molecular weight excluding hydrogens is 214 g/mol. The van der Waals surface area contributed by atoms with Gasteiger partial charge in [0.2, 0.25) is 0 Å². The molecule has 0 amide bonds. The number of nitrogens with zero attached hydrogens (tertiary/aromatic N) is 1. The summed E-state index contributed by atoms with van der Waals surface area (Å²) in [6, 6.07) is 8.90. The second-order valence-corrected chi connectivity index (χ2v) is 3.65. The molecular formula is C11H10ClNO2. The number of benzene rings is 1. The maximum atomic E-state index is 10.6. The molecule has 0 saturated heterocycles. The maximum Gasteiger partial charge on any atom is 0.303 e. The van der Waals surface area contributed by atoms with Gasteiger partial charge in [-0.2, -0.15) is 5.26 Å². The highest BCUT2D eigenvalue weighted by Crippen LogP contribution is 2.24. The Hall–Kier alpha value is -1.53. The molecule has 0 bridgehead atoms. The summed E-state index contributed by atoms with van der Waals surface area (Å²) in [6.07, 6.45) is 0.170. The number of aliphatic carboxylic acids is 1. The van der Waals surface area contributed by atoms with E-state index in [2.05, 4.69) is 0 Å². The van der Waals surface area contributed by atoms with E-state index in [4.69, 9.17) is 22.0 Å². The summed E-state index contributed by atoms with van der Waals surface area (Å²) >= 11 is 5.72. The Bertz CT molecular complexity index is 381. The lowest BCUT2D eigenvalue weighted by Crippen LogP contribution is -2.05. The molecule has 1 atom stereocenters. The third kappa shape index (κ3) is 3.61. The van der Waals surface area contributed by atoms with Crippen molar-refractivity contribution in [3.8, 4) is 6.07 Å². The topological polar surface area (TPSA) is 61.1 Å². The highest BCUT2D eigenvalue weighted by molar-refractivity contribution is 6.30. The van der Waals surface area contributed by atoms with E-state index in [0.29, 0.717) is 5.02 Å². The third-order valence-corrected chi connectivity index (χ3v) is 2.35. The number of carbonyl (C=O) groups is 1. The summed E-state index contributed by atoms with van der Waals surface area (Å²) in [4.78, 5) is 10.6. The average molecular weight is 224 g/mol. The first-order valence-corrected chi connectivity index (χ1v) is 4.85. The lowest BCUT2D eigenvalue weighted by Gasteiger charge is -2.11. The summed E-state index contributed by atoms with van der Waals surface area (Å²) in [5.74, 6) is -1.16. The van der Waals surface area contributed by atoms with Crippen LogP contribution in [0.4, 0.5) is 0 Å². The van der Waals surface area contributed by atoms with Crippen molar-refractivity contribution in [1.82, 2.24) is 0 Å². The van der Waals surface area contributed by atoms with Crippen molar-refractivity contribution in [3.63, 3.8) is 0 Å². The Labute approximate surface area is 92.9 Å². The molecule has 0 aliphatic carbocycles. The zero-order valence-electron chi connectivity index (χ0n) is 7.98. The van der Waals surface area contributed by atoms with Gasteiger partial charge in [-0.1, -0.05) is 23.7 Å². The Morgan fingerprint density at radius 2 is 2.07 bits per heavy atom. The number of carboxylic acids is 1. The first kappa shape index (κ1) is 11.5. The van der Waals surface area contributed by atoms with Gasteiger partial charge in [0.25, 0.3) is 0 Å². The fourth-order valence-electron chi connectivity index (χ4n) is 1.36. The predicted octanol–water partition coefficient (Wildman–Crippen LogP) is 2.81. The van der Waals surface area contributed by atoms with Gasteiger partial charge in [0, 0.05) is 17.4 Å². The molecule has 78 valence electrons. The van der Waals surface area contributed by atoms with Crippen LogP contribution in [0.5, 0.6) is 0 Å². The van der Waals surface area contributed by atoms with Gasteiger partial charge in [-0.3, -0.25) is 4.79 Å². The van der Waals surface area contributed by atoms with Gasteiger partial charge in [0.05, 0.1) is 12.5 Å². The van der Waals surface area contributed by atoms with Crippen molar-refractivity contribution >= 4 is 17.6 Å². The highest BCUT2D eigenvalue weighted by atomic mass is 35.5. The van der Waals surface area contributed by atoms with Gasteiger partial charge < -0.3 is 5.11 Å². The van der Waals surface area contributed by atoms with E-state index in [1.54, 1.807) is 24.3 Å². The number of carboxylic acid groups (broad SMARTS) is 1. The fourth-order valence-corrected chi connectivity index (χ4v) is 1.49. The van der Waals surface area contributed by atoms with E-state index in [1.165, 1.54) is 0 Å². The Morgan fingerprint density at radius 1 is 1.47 bits per heavy atom. The molecule has 0 aromatic heterocycles. The molecule has 0 spiro atoms. The first-order valence-electron chi connectivity index (χ1n) is 4.47. The SMILES string of the molecule is N#CCC(CC(=O)O)c1ccc(Cl)cc1. The Morgan fingerprint density at radius 3 is 2.53 bits per heavy atom. The number of rotatable bonds is 4. The summed E-state index contributed by atoms with van der Waals surface area (Å²) in [7, 11) is 0. The maximum absolute atomic E-state index is 10.6. The predicted molar refractivity (Wildman–Crippen MR) is 56.7 cm³/mol. The van der Waals surface area contributed by atoms with Crippen LogP contribution in [0, 0.1) is 11.3 Å². The molecule has 0 radical (unpaired) electrons. The molecule has 1 rings (SSSR count). The second-order valence-electron chi connectivity index (χ2n) is 3.21. The van der Waals surface area contributed by atoms with Crippen LogP contribution in [-0.2, 0) is 4.79 Å². The van der Waals surface area contributed by atoms with Crippen LogP contribution in [0.15, 0.2) is 24.3 Å². The van der Waals surface area contributed by atoms with Gasteiger partial charge in [0.15, 0.2) is 0 Å². The van der Waals surface area contributed by atoms with Crippen LogP contribution in [0.2, 0.25) is 5.02 Å². The van der Waals surface area contributed by atoms with Crippen LogP contribution in [0.25, 0.3) is 0 Å². The minimum absolute atomic E-state index is 0.0325. The van der Waals surface area contributed by atoms with Crippen molar-refractivity contribution in [2.24, 2.45) is 0 Å². The number of hydrogen-bond acceptors (Lipinski definition) is 2. The summed E-state index contributed by atoms with van der Waals surface area (Å²) in [5, 5.41) is 17.9. The summed E-state index contributed by atoms with van der Waals surface area (Å²) in [5.41, 5.74) is 0.836. The van der Waals surface area contributed by atoms with E-state index in [1.807, 2.05) is 6.07 Å². The van der Waals surface area contributed by atoms with Crippen molar-refractivity contribution < 1.29 is 9.90 Å². The van der Waals surface area contributed by atoms with Crippen LogP contribution in [0.1, 0.15) is 24.3 Å². The van der Waals surface area contributed by atoms with E-state index in [-0.39, 0.29) is 18.8 Å². The minimum atomic E-state index is -0.898. The van der Waals surface area contributed by atoms with Crippen molar-refractivity contribution in [2.75, 3.05) is 0 Å². The van der Waals surface area contributed by atoms with Crippen molar-refractivity contribution in [3.05, 3.63) is 34.9 Å². The molecule has 1 N–H and O–H groups in total. The lowest BCUT2D eigenvalue weighted by atomic mass is 9.93. The Kier molecular flexibility index (Phi) is 4.14. The quantitative estimate of drug-likeness (QED) is 0.854. The van der Waals surface area contributed by atoms with Gasteiger partial charge >= 0.3 is 5.97 Å². The van der Waals surface area contributed by atoms with Crippen LogP contribution >= 0.6 is 11.6 Å². The molecule has 0 aliphatic heterocycles. The standard InChI is InChI=1S/C11H10ClNO2/c12-10-3-1-8(2-4-10)9(5-6-13)7-11(14)15/h1-4,9H,5,7H2,(H,14,15). The smallest absolute Gasteiger partial charge is 0.303 e. The highest BCUT2D eigenvalue weighted by Gasteiger charge is 2.14. The molecule has 0 aliphatic rings. The van der Waals surface area contributed by atoms with Crippen LogP contribution < -0.4 is 0 Å². The number of nitriles is 1. The largest absolute Gasteiger partial charge is 0.481 e. The second kappa shape index (κ2) is 5.38. The molecule has 0 saturated carbocycles. The number of halogens is 1. The fraction of sp³-hybridized carbons (Fsp3) is 0.273. The average Bonchev–Trinajstić information content (AvgIpc) is 2.17. The van der Waals surface area contributed by atoms with Crippen molar-refractivity contribution in [1.29, 1.82) is 5.26 Å². The molecule has 15 heavy (non-hydrogen) atoms. The van der Waals surface area contributed by atoms with Gasteiger partial charge in [-0.25, -0.2) is 0 Å². The van der Waals surface area contributed by atoms with Gasteiger partial charge in [0.1, 0.15) is 0 Å². The Balaban J connectivity index is 2.84. The van der Waals surface area contributed by atoms with Gasteiger partial charge in [-0.05, 0) is 17.7 Å². The molecule has 3 nitrogen and oxygen atoms in total. The van der Waals surface area contributed by atoms with Gasteiger partial charge in [-0.15, -0.1) is 0 Å². The van der Waals surface area contributed by atoms with E-state index >= 15 is 0 Å². The third-order valence-electron chi connectivity index (χ3n) is 2.10. The molecule has 1 aromatic carbocycles. The summed E-state index contributed by atoms with van der Waals surface area (Å²) in [6.45, 7) is 0. The normalized spacial score (nSPS) is 11.7. The number of hydrogen-bond donors (Lipinski definition) is 1.